The summed E-state index contributed by atoms with van der Waals surface area (Å²) < 4.78 is 30.2. The summed E-state index contributed by atoms with van der Waals surface area (Å²) in [6, 6.07) is 1.28. The molecule has 0 radical (unpaired) electrons. The number of hydrogen-bond donors (Lipinski definition) is 1. The number of nitrogens with two attached hydrogens (primary N) is 1. The summed E-state index contributed by atoms with van der Waals surface area (Å²) in [5.74, 6) is -0.734. The average molecular weight is 423 g/mol. The zero-order valence-corrected chi connectivity index (χ0v) is 17.9. The molecule has 2 aromatic heterocycles. The van der Waals surface area contributed by atoms with Crippen LogP contribution in [0.1, 0.15) is 27.4 Å². The number of nitrogens with zero attached hydrogens (tertiary/aromatic N) is 5. The number of piperazine rings is 1. The van der Waals surface area contributed by atoms with Gasteiger partial charge in [0.1, 0.15) is 10.6 Å². The van der Waals surface area contributed by atoms with Gasteiger partial charge in [-0.3, -0.25) is 14.3 Å². The summed E-state index contributed by atoms with van der Waals surface area (Å²) in [6.07, 6.45) is 1.62. The van der Waals surface area contributed by atoms with Crippen LogP contribution in [0.3, 0.4) is 0 Å². The fourth-order valence-electron chi connectivity index (χ4n) is 3.58. The van der Waals surface area contributed by atoms with Crippen molar-refractivity contribution in [1.82, 2.24) is 23.6 Å². The molecule has 0 atom stereocenters. The van der Waals surface area contributed by atoms with Crippen LogP contribution in [0.2, 0.25) is 0 Å². The van der Waals surface area contributed by atoms with Crippen LogP contribution < -0.4 is 5.73 Å². The van der Waals surface area contributed by atoms with Gasteiger partial charge in [-0.15, -0.1) is 0 Å². The van der Waals surface area contributed by atoms with Crippen LogP contribution in [0.5, 0.6) is 0 Å². The van der Waals surface area contributed by atoms with Gasteiger partial charge in [0.25, 0.3) is 5.91 Å². The third kappa shape index (κ3) is 3.92. The predicted octanol–water partition coefficient (Wildman–Crippen LogP) is -0.450. The Morgan fingerprint density at radius 3 is 2.24 bits per heavy atom. The van der Waals surface area contributed by atoms with Crippen LogP contribution >= 0.6 is 0 Å². The van der Waals surface area contributed by atoms with E-state index in [1.165, 1.54) is 21.1 Å². The topological polar surface area (TPSA) is 124 Å². The van der Waals surface area contributed by atoms with E-state index >= 15 is 0 Å². The number of amides is 2. The molecule has 0 aromatic carbocycles. The first-order valence-corrected chi connectivity index (χ1v) is 10.7. The van der Waals surface area contributed by atoms with Gasteiger partial charge in [-0.2, -0.15) is 9.40 Å². The van der Waals surface area contributed by atoms with Crippen LogP contribution in [0, 0.1) is 13.8 Å². The summed E-state index contributed by atoms with van der Waals surface area (Å²) in [6.45, 7) is 4.81. The second-order valence-corrected chi connectivity index (χ2v) is 9.21. The van der Waals surface area contributed by atoms with Gasteiger partial charge in [0, 0.05) is 57.7 Å². The lowest BCUT2D eigenvalue weighted by Crippen LogP contribution is -2.50. The molecule has 0 spiro atoms. The van der Waals surface area contributed by atoms with Gasteiger partial charge < -0.3 is 15.2 Å². The Morgan fingerprint density at radius 1 is 1.14 bits per heavy atom. The lowest BCUT2D eigenvalue weighted by molar-refractivity contribution is -0.131. The molecule has 1 saturated heterocycles. The molecule has 0 saturated carbocycles. The standard InChI is InChI=1S/C18H26N6O4S/c1-12-15(13(2)22(4)20-12)10-17(25)23-5-7-24(8-6-23)29(27,28)14-9-16(18(19)26)21(3)11-14/h9,11H,5-8,10H2,1-4H3,(H2,19,26). The van der Waals surface area contributed by atoms with E-state index in [0.29, 0.717) is 13.1 Å². The summed E-state index contributed by atoms with van der Waals surface area (Å²) in [4.78, 5) is 25.8. The fraction of sp³-hybridized carbons (Fsp3) is 0.500. The number of hydrogen-bond acceptors (Lipinski definition) is 5. The van der Waals surface area contributed by atoms with Gasteiger partial charge in [-0.25, -0.2) is 8.42 Å². The normalized spacial score (nSPS) is 15.7. The van der Waals surface area contributed by atoms with E-state index in [9.17, 15) is 18.0 Å². The van der Waals surface area contributed by atoms with Crippen LogP contribution in [-0.4, -0.2) is 70.0 Å². The van der Waals surface area contributed by atoms with Crippen molar-refractivity contribution in [3.05, 3.63) is 34.9 Å². The van der Waals surface area contributed by atoms with Crippen molar-refractivity contribution in [3.8, 4) is 0 Å². The molecule has 2 aromatic rings. The average Bonchev–Trinajstić information content (AvgIpc) is 3.17. The Balaban J connectivity index is 1.67. The van der Waals surface area contributed by atoms with E-state index in [1.807, 2.05) is 20.9 Å². The van der Waals surface area contributed by atoms with Crippen LogP contribution in [0.15, 0.2) is 17.2 Å². The first-order valence-electron chi connectivity index (χ1n) is 9.25. The van der Waals surface area contributed by atoms with Gasteiger partial charge in [-0.05, 0) is 19.9 Å². The molecule has 11 heteroatoms. The van der Waals surface area contributed by atoms with E-state index < -0.39 is 15.9 Å². The monoisotopic (exact) mass is 422 g/mol. The number of sulfonamides is 1. The SMILES string of the molecule is Cc1nn(C)c(C)c1CC(=O)N1CCN(S(=O)(=O)c2cc(C(N)=O)n(C)c2)CC1. The zero-order chi connectivity index (χ0) is 21.5. The molecule has 1 aliphatic heterocycles. The van der Waals surface area contributed by atoms with Gasteiger partial charge in [0.05, 0.1) is 12.1 Å². The molecule has 0 bridgehead atoms. The van der Waals surface area contributed by atoms with E-state index in [0.717, 1.165) is 17.0 Å². The van der Waals surface area contributed by atoms with Gasteiger partial charge >= 0.3 is 0 Å². The molecule has 158 valence electrons. The number of rotatable bonds is 5. The Labute approximate surface area is 169 Å². The van der Waals surface area contributed by atoms with Crippen molar-refractivity contribution in [3.63, 3.8) is 0 Å². The van der Waals surface area contributed by atoms with Crippen molar-refractivity contribution in [2.75, 3.05) is 26.2 Å². The molecule has 2 amide bonds. The van der Waals surface area contributed by atoms with Crippen LogP contribution in [-0.2, 0) is 35.3 Å². The Kier molecular flexibility index (Phi) is 5.54. The number of carbonyl (C=O) groups is 2. The highest BCUT2D eigenvalue weighted by Gasteiger charge is 2.32. The van der Waals surface area contributed by atoms with E-state index in [2.05, 4.69) is 5.10 Å². The number of primary amides is 1. The lowest BCUT2D eigenvalue weighted by atomic mass is 10.1. The molecular formula is C18H26N6O4S. The molecule has 3 heterocycles. The Bertz CT molecular complexity index is 1060. The highest BCUT2D eigenvalue weighted by molar-refractivity contribution is 7.89. The fourth-order valence-corrected chi connectivity index (χ4v) is 5.08. The van der Waals surface area contributed by atoms with Crippen LogP contribution in [0.4, 0.5) is 0 Å². The summed E-state index contributed by atoms with van der Waals surface area (Å²) >= 11 is 0. The quantitative estimate of drug-likeness (QED) is 0.699. The molecule has 1 fully saturated rings. The van der Waals surface area contributed by atoms with Gasteiger partial charge in [0.2, 0.25) is 15.9 Å². The van der Waals surface area contributed by atoms with Gasteiger partial charge in [0.15, 0.2) is 0 Å². The molecular weight excluding hydrogens is 396 g/mol. The minimum Gasteiger partial charge on any atom is -0.364 e. The van der Waals surface area contributed by atoms with E-state index in [-0.39, 0.29) is 36.0 Å². The molecule has 0 aliphatic carbocycles. The maximum atomic E-state index is 12.9. The zero-order valence-electron chi connectivity index (χ0n) is 17.0. The maximum Gasteiger partial charge on any atom is 0.265 e. The number of carbonyl (C=O) groups excluding carboxylic acids is 2. The molecule has 3 rings (SSSR count). The Hall–Kier alpha value is -2.66. The smallest absolute Gasteiger partial charge is 0.265 e. The highest BCUT2D eigenvalue weighted by Crippen LogP contribution is 2.21. The molecule has 1 aliphatic rings. The third-order valence-electron chi connectivity index (χ3n) is 5.45. The van der Waals surface area contributed by atoms with Crippen molar-refractivity contribution in [2.24, 2.45) is 19.8 Å². The number of aromatic nitrogens is 3. The second-order valence-electron chi connectivity index (χ2n) is 7.27. The molecule has 2 N–H and O–H groups in total. The Morgan fingerprint density at radius 2 is 1.76 bits per heavy atom. The number of aryl methyl sites for hydroxylation is 3. The van der Waals surface area contributed by atoms with Crippen molar-refractivity contribution in [1.29, 1.82) is 0 Å². The first-order chi connectivity index (χ1) is 13.5. The highest BCUT2D eigenvalue weighted by atomic mass is 32.2. The lowest BCUT2D eigenvalue weighted by Gasteiger charge is -2.34. The first kappa shape index (κ1) is 21.1. The summed E-state index contributed by atoms with van der Waals surface area (Å²) in [5, 5.41) is 4.33. The minimum atomic E-state index is -3.76. The van der Waals surface area contributed by atoms with Crippen molar-refractivity contribution >= 4 is 21.8 Å². The largest absolute Gasteiger partial charge is 0.364 e. The molecule has 29 heavy (non-hydrogen) atoms. The molecule has 0 unspecified atom stereocenters. The third-order valence-corrected chi connectivity index (χ3v) is 7.31. The maximum absolute atomic E-state index is 12.9. The summed E-state index contributed by atoms with van der Waals surface area (Å²) in [7, 11) is -0.354. The van der Waals surface area contributed by atoms with E-state index in [4.69, 9.17) is 5.73 Å². The van der Waals surface area contributed by atoms with Crippen LogP contribution in [0.25, 0.3) is 0 Å². The van der Waals surface area contributed by atoms with E-state index in [1.54, 1.807) is 16.6 Å². The molecule has 10 nitrogen and oxygen atoms in total. The minimum absolute atomic E-state index is 0.0233. The predicted molar refractivity (Wildman–Crippen MR) is 106 cm³/mol. The second kappa shape index (κ2) is 7.64. The van der Waals surface area contributed by atoms with Crippen molar-refractivity contribution in [2.45, 2.75) is 25.2 Å². The van der Waals surface area contributed by atoms with Gasteiger partial charge in [-0.1, -0.05) is 0 Å². The summed E-state index contributed by atoms with van der Waals surface area (Å²) in [5.41, 5.74) is 8.08. The van der Waals surface area contributed by atoms with Crippen molar-refractivity contribution < 1.29 is 18.0 Å².